The van der Waals surface area contributed by atoms with Gasteiger partial charge in [0.25, 0.3) is 0 Å². The fraction of sp³-hybridized carbons (Fsp3) is 0.588. The Morgan fingerprint density at radius 1 is 1.29 bits per heavy atom. The predicted molar refractivity (Wildman–Crippen MR) is 84.6 cm³/mol. The molecule has 0 aromatic heterocycles. The zero-order chi connectivity index (χ0) is 15.7. The number of rotatable bonds is 9. The summed E-state index contributed by atoms with van der Waals surface area (Å²) in [6, 6.07) is 7.77. The van der Waals surface area contributed by atoms with Crippen LogP contribution < -0.4 is 10.1 Å². The number of nitrogens with one attached hydrogen (secondary N) is 1. The smallest absolute Gasteiger partial charge is 0.322 e. The van der Waals surface area contributed by atoms with Crippen LogP contribution in [0, 0.1) is 6.92 Å². The molecule has 0 saturated carbocycles. The summed E-state index contributed by atoms with van der Waals surface area (Å²) in [7, 11) is 1.43. The molecule has 1 aromatic carbocycles. The van der Waals surface area contributed by atoms with Crippen molar-refractivity contribution in [3.63, 3.8) is 0 Å². The van der Waals surface area contributed by atoms with Crippen LogP contribution in [-0.2, 0) is 9.53 Å². The van der Waals surface area contributed by atoms with Crippen molar-refractivity contribution >= 4 is 5.97 Å². The van der Waals surface area contributed by atoms with Gasteiger partial charge in [0.2, 0.25) is 0 Å². The summed E-state index contributed by atoms with van der Waals surface area (Å²) in [5.74, 6) is 0.642. The summed E-state index contributed by atoms with van der Waals surface area (Å²) in [6.45, 7) is 6.68. The first-order valence-electron chi connectivity index (χ1n) is 7.60. The molecule has 4 heteroatoms. The Labute approximate surface area is 127 Å². The Morgan fingerprint density at radius 2 is 1.95 bits per heavy atom. The first-order valence-corrected chi connectivity index (χ1v) is 7.60. The summed E-state index contributed by atoms with van der Waals surface area (Å²) in [4.78, 5) is 11.7. The van der Waals surface area contributed by atoms with Crippen LogP contribution in [0.2, 0.25) is 0 Å². The molecule has 4 nitrogen and oxygen atoms in total. The van der Waals surface area contributed by atoms with Gasteiger partial charge in [-0.3, -0.25) is 10.1 Å². The Bertz CT molecular complexity index is 417. The number of esters is 1. The average molecular weight is 293 g/mol. The molecule has 0 aliphatic heterocycles. The summed E-state index contributed by atoms with van der Waals surface area (Å²) in [6.07, 6.45) is 2.85. The minimum Gasteiger partial charge on any atom is -0.492 e. The van der Waals surface area contributed by atoms with Crippen molar-refractivity contribution < 1.29 is 14.3 Å². The lowest BCUT2D eigenvalue weighted by molar-refractivity contribution is -0.143. The molecule has 0 aliphatic rings. The lowest BCUT2D eigenvalue weighted by Crippen LogP contribution is -2.45. The quantitative estimate of drug-likeness (QED) is 0.711. The number of unbranched alkanes of at least 4 members (excludes halogenated alkanes) is 1. The molecule has 1 aromatic rings. The summed E-state index contributed by atoms with van der Waals surface area (Å²) >= 11 is 0. The lowest BCUT2D eigenvalue weighted by Gasteiger charge is -2.21. The Kier molecular flexibility index (Phi) is 7.83. The normalized spacial score (nSPS) is 13.5. The van der Waals surface area contributed by atoms with Gasteiger partial charge in [-0.1, -0.05) is 37.5 Å². The fourth-order valence-corrected chi connectivity index (χ4v) is 2.07. The van der Waals surface area contributed by atoms with Crippen molar-refractivity contribution in [2.24, 2.45) is 0 Å². The van der Waals surface area contributed by atoms with E-state index >= 15 is 0 Å². The minimum atomic E-state index is -0.258. The van der Waals surface area contributed by atoms with E-state index in [1.54, 1.807) is 0 Å². The highest BCUT2D eigenvalue weighted by atomic mass is 16.5. The van der Waals surface area contributed by atoms with Crippen LogP contribution in [0.25, 0.3) is 0 Å². The molecule has 0 saturated heterocycles. The second-order valence-electron chi connectivity index (χ2n) is 5.41. The fourth-order valence-electron chi connectivity index (χ4n) is 2.07. The van der Waals surface area contributed by atoms with E-state index in [9.17, 15) is 4.79 Å². The molecule has 2 atom stereocenters. The molecule has 1 N–H and O–H groups in total. The van der Waals surface area contributed by atoms with E-state index in [1.165, 1.54) is 12.7 Å². The Balaban J connectivity index is 2.43. The zero-order valence-corrected chi connectivity index (χ0v) is 13.5. The van der Waals surface area contributed by atoms with Gasteiger partial charge < -0.3 is 9.47 Å². The van der Waals surface area contributed by atoms with Gasteiger partial charge in [-0.15, -0.1) is 0 Å². The minimum absolute atomic E-state index is 0.0762. The molecule has 1 rings (SSSR count). The van der Waals surface area contributed by atoms with E-state index in [0.29, 0.717) is 6.61 Å². The highest BCUT2D eigenvalue weighted by Crippen LogP contribution is 2.12. The maximum absolute atomic E-state index is 11.7. The van der Waals surface area contributed by atoms with Crippen molar-refractivity contribution in [1.82, 2.24) is 5.32 Å². The van der Waals surface area contributed by atoms with E-state index in [1.807, 2.05) is 38.1 Å². The maximum Gasteiger partial charge on any atom is 0.322 e. The van der Waals surface area contributed by atoms with Crippen molar-refractivity contribution in [1.29, 1.82) is 0 Å². The monoisotopic (exact) mass is 293 g/mol. The molecular formula is C17H27NO3. The molecule has 0 fully saturated rings. The van der Waals surface area contributed by atoms with Gasteiger partial charge >= 0.3 is 5.97 Å². The molecule has 0 bridgehead atoms. The number of benzene rings is 1. The maximum atomic E-state index is 11.7. The second kappa shape index (κ2) is 9.40. The number of hydrogen-bond donors (Lipinski definition) is 1. The van der Waals surface area contributed by atoms with Crippen molar-refractivity contribution in [3.05, 3.63) is 29.8 Å². The molecule has 0 aliphatic carbocycles. The van der Waals surface area contributed by atoms with E-state index in [0.717, 1.165) is 25.0 Å². The van der Waals surface area contributed by atoms with Gasteiger partial charge in [0, 0.05) is 6.04 Å². The number of methoxy groups -OCH3 is 1. The van der Waals surface area contributed by atoms with Gasteiger partial charge in [0.15, 0.2) is 0 Å². The van der Waals surface area contributed by atoms with Gasteiger partial charge in [-0.2, -0.15) is 0 Å². The van der Waals surface area contributed by atoms with Crippen molar-refractivity contribution in [3.8, 4) is 5.75 Å². The van der Waals surface area contributed by atoms with E-state index in [-0.39, 0.29) is 18.1 Å². The van der Waals surface area contributed by atoms with Gasteiger partial charge in [0.05, 0.1) is 7.11 Å². The molecule has 0 spiro atoms. The van der Waals surface area contributed by atoms with Crippen molar-refractivity contribution in [2.45, 2.75) is 52.1 Å². The van der Waals surface area contributed by atoms with Gasteiger partial charge in [0.1, 0.15) is 18.4 Å². The van der Waals surface area contributed by atoms with Crippen LogP contribution in [-0.4, -0.2) is 31.8 Å². The van der Waals surface area contributed by atoms with Crippen LogP contribution in [0.3, 0.4) is 0 Å². The Hall–Kier alpha value is -1.55. The van der Waals surface area contributed by atoms with E-state index in [2.05, 4.69) is 12.2 Å². The molecule has 2 unspecified atom stereocenters. The number of hydrogen-bond acceptors (Lipinski definition) is 4. The third-order valence-corrected chi connectivity index (χ3v) is 3.34. The highest BCUT2D eigenvalue weighted by molar-refractivity contribution is 5.75. The number of ether oxygens (including phenoxy) is 2. The van der Waals surface area contributed by atoms with Crippen LogP contribution in [0.1, 0.15) is 38.7 Å². The first-order chi connectivity index (χ1) is 10.1. The SMILES string of the molecule is CCCCC(NC(C)COc1ccc(C)cc1)C(=O)OC. The van der Waals surface area contributed by atoms with Crippen molar-refractivity contribution in [2.75, 3.05) is 13.7 Å². The second-order valence-corrected chi connectivity index (χ2v) is 5.41. The van der Waals surface area contributed by atoms with Gasteiger partial charge in [-0.25, -0.2) is 0 Å². The highest BCUT2D eigenvalue weighted by Gasteiger charge is 2.20. The predicted octanol–water partition coefficient (Wildman–Crippen LogP) is 3.08. The molecule has 0 heterocycles. The molecule has 21 heavy (non-hydrogen) atoms. The zero-order valence-electron chi connectivity index (χ0n) is 13.5. The van der Waals surface area contributed by atoms with Crippen LogP contribution >= 0.6 is 0 Å². The van der Waals surface area contributed by atoms with E-state index in [4.69, 9.17) is 9.47 Å². The topological polar surface area (TPSA) is 47.6 Å². The van der Waals surface area contributed by atoms with Crippen LogP contribution in [0.5, 0.6) is 5.75 Å². The largest absolute Gasteiger partial charge is 0.492 e. The summed E-state index contributed by atoms with van der Waals surface area (Å²) in [5.41, 5.74) is 1.21. The Morgan fingerprint density at radius 3 is 2.52 bits per heavy atom. The third kappa shape index (κ3) is 6.63. The number of carbonyl (C=O) groups excluding carboxylic acids is 1. The average Bonchev–Trinajstić information content (AvgIpc) is 2.50. The van der Waals surface area contributed by atoms with E-state index < -0.39 is 0 Å². The molecule has 0 radical (unpaired) electrons. The van der Waals surface area contributed by atoms with Crippen LogP contribution in [0.4, 0.5) is 0 Å². The summed E-state index contributed by atoms with van der Waals surface area (Å²) < 4.78 is 10.6. The molecule has 0 amide bonds. The number of carbonyl (C=O) groups is 1. The first kappa shape index (κ1) is 17.5. The van der Waals surface area contributed by atoms with Crippen LogP contribution in [0.15, 0.2) is 24.3 Å². The van der Waals surface area contributed by atoms with Gasteiger partial charge in [-0.05, 0) is 32.4 Å². The molecule has 118 valence electrons. The third-order valence-electron chi connectivity index (χ3n) is 3.34. The standard InChI is InChI=1S/C17H27NO3/c1-5-6-7-16(17(19)20-4)18-14(3)12-21-15-10-8-13(2)9-11-15/h8-11,14,16,18H,5-7,12H2,1-4H3. The number of aryl methyl sites for hydroxylation is 1. The lowest BCUT2D eigenvalue weighted by atomic mass is 10.1. The summed E-state index contributed by atoms with van der Waals surface area (Å²) in [5, 5.41) is 3.28. The molecular weight excluding hydrogens is 266 g/mol.